The number of rotatable bonds is 1. The Kier molecular flexibility index (Phi) is 3.01. The molecule has 3 aliphatic carbocycles. The smallest absolute Gasteiger partial charge is 0.165 e. The van der Waals surface area contributed by atoms with Crippen LogP contribution in [0, 0.1) is 17.7 Å². The second kappa shape index (κ2) is 4.89. The summed E-state index contributed by atoms with van der Waals surface area (Å²) in [5.74, 6) is 1.17. The monoisotopic (exact) mass is 333 g/mol. The zero-order chi connectivity index (χ0) is 15.6. The van der Waals surface area contributed by atoms with Crippen molar-refractivity contribution in [3.8, 4) is 0 Å². The molecule has 6 rings (SSSR count). The molecular formula is C17H20FN3OS. The van der Waals surface area contributed by atoms with Crippen LogP contribution in [0.4, 0.5) is 9.39 Å². The van der Waals surface area contributed by atoms with E-state index in [-0.39, 0.29) is 11.5 Å². The molecule has 2 aromatic rings. The number of thiophene rings is 1. The van der Waals surface area contributed by atoms with E-state index in [0.717, 1.165) is 27.4 Å². The molecule has 1 aromatic carbocycles. The Morgan fingerprint density at radius 2 is 2.09 bits per heavy atom. The van der Waals surface area contributed by atoms with Crippen molar-refractivity contribution >= 4 is 26.4 Å². The summed E-state index contributed by atoms with van der Waals surface area (Å²) in [7, 11) is 2.10. The van der Waals surface area contributed by atoms with Gasteiger partial charge in [0.15, 0.2) is 5.72 Å². The van der Waals surface area contributed by atoms with Crippen LogP contribution in [0.1, 0.15) is 32.1 Å². The van der Waals surface area contributed by atoms with Crippen LogP contribution in [-0.2, 0) is 4.84 Å². The Labute approximate surface area is 138 Å². The molecule has 4 nitrogen and oxygen atoms in total. The van der Waals surface area contributed by atoms with Crippen molar-refractivity contribution in [2.75, 3.05) is 12.2 Å². The van der Waals surface area contributed by atoms with Crippen LogP contribution in [0.2, 0.25) is 0 Å². The van der Waals surface area contributed by atoms with Crippen molar-refractivity contribution in [1.29, 1.82) is 0 Å². The van der Waals surface area contributed by atoms with Gasteiger partial charge >= 0.3 is 0 Å². The van der Waals surface area contributed by atoms with Gasteiger partial charge in [-0.1, -0.05) is 5.59 Å². The van der Waals surface area contributed by atoms with Gasteiger partial charge in [-0.3, -0.25) is 4.84 Å². The Morgan fingerprint density at radius 3 is 2.83 bits per heavy atom. The second-order valence-corrected chi connectivity index (χ2v) is 8.12. The van der Waals surface area contributed by atoms with E-state index in [2.05, 4.69) is 17.6 Å². The largest absolute Gasteiger partial charge is 0.256 e. The molecule has 122 valence electrons. The molecule has 1 spiro atoms. The van der Waals surface area contributed by atoms with Crippen LogP contribution in [0.25, 0.3) is 10.1 Å². The van der Waals surface area contributed by atoms with Gasteiger partial charge in [0.05, 0.1) is 0 Å². The molecule has 2 heterocycles. The first-order chi connectivity index (χ1) is 11.2. The van der Waals surface area contributed by atoms with Crippen molar-refractivity contribution in [2.24, 2.45) is 11.8 Å². The maximum absolute atomic E-state index is 13.4. The number of nitrogens with one attached hydrogen (secondary N) is 1. The number of halogens is 1. The molecule has 3 saturated carbocycles. The summed E-state index contributed by atoms with van der Waals surface area (Å²) in [6.07, 6.45) is 6.28. The van der Waals surface area contributed by atoms with Crippen LogP contribution in [0.3, 0.4) is 0 Å². The third kappa shape index (κ3) is 1.99. The number of anilines is 1. The maximum Gasteiger partial charge on any atom is 0.165 e. The Hall–Kier alpha value is -1.21. The van der Waals surface area contributed by atoms with Gasteiger partial charge in [-0.05, 0) is 67.7 Å². The van der Waals surface area contributed by atoms with E-state index in [4.69, 9.17) is 4.84 Å². The quantitative estimate of drug-likeness (QED) is 0.852. The number of hydrazine groups is 2. The summed E-state index contributed by atoms with van der Waals surface area (Å²) in [6.45, 7) is 0. The third-order valence-corrected chi connectivity index (χ3v) is 6.99. The van der Waals surface area contributed by atoms with E-state index in [1.807, 2.05) is 17.3 Å². The molecule has 1 aliphatic heterocycles. The lowest BCUT2D eigenvalue weighted by molar-refractivity contribution is -0.193. The maximum atomic E-state index is 13.4. The molecule has 6 heteroatoms. The summed E-state index contributed by atoms with van der Waals surface area (Å²) >= 11 is 1.65. The normalized spacial score (nSPS) is 34.1. The van der Waals surface area contributed by atoms with Crippen LogP contribution in [0.5, 0.6) is 0 Å². The van der Waals surface area contributed by atoms with E-state index >= 15 is 0 Å². The van der Waals surface area contributed by atoms with Crippen LogP contribution < -0.4 is 10.7 Å². The predicted molar refractivity (Wildman–Crippen MR) is 89.0 cm³/mol. The third-order valence-electron chi connectivity index (χ3n) is 5.90. The van der Waals surface area contributed by atoms with E-state index in [9.17, 15) is 4.39 Å². The van der Waals surface area contributed by atoms with Crippen LogP contribution in [-0.4, -0.2) is 17.8 Å². The minimum Gasteiger partial charge on any atom is -0.256 e. The lowest BCUT2D eigenvalue weighted by atomic mass is 9.65. The molecule has 0 radical (unpaired) electrons. The minimum absolute atomic E-state index is 0.193. The highest BCUT2D eigenvalue weighted by molar-refractivity contribution is 7.22. The predicted octanol–water partition coefficient (Wildman–Crippen LogP) is 4.05. The molecule has 1 aromatic heterocycles. The highest BCUT2D eigenvalue weighted by Gasteiger charge is 2.56. The Morgan fingerprint density at radius 1 is 1.26 bits per heavy atom. The molecule has 0 unspecified atom stereocenters. The Bertz CT molecular complexity index is 757. The average molecular weight is 333 g/mol. The van der Waals surface area contributed by atoms with Crippen LogP contribution in [0.15, 0.2) is 24.3 Å². The number of hydrogen-bond acceptors (Lipinski definition) is 5. The molecule has 1 N–H and O–H groups in total. The average Bonchev–Trinajstić information content (AvgIpc) is 3.11. The van der Waals surface area contributed by atoms with Gasteiger partial charge in [0.25, 0.3) is 0 Å². The molecule has 0 amide bonds. The van der Waals surface area contributed by atoms with Crippen molar-refractivity contribution in [3.05, 3.63) is 30.1 Å². The van der Waals surface area contributed by atoms with Gasteiger partial charge in [-0.25, -0.2) is 9.51 Å². The highest BCUT2D eigenvalue weighted by Crippen LogP contribution is 2.52. The second-order valence-electron chi connectivity index (χ2n) is 7.06. The van der Waals surface area contributed by atoms with Crippen molar-refractivity contribution in [2.45, 2.75) is 37.8 Å². The number of hydrogen-bond donors (Lipinski definition) is 1. The molecule has 4 aliphatic rings. The van der Waals surface area contributed by atoms with Gasteiger partial charge in [-0.2, -0.15) is 5.01 Å². The molecular weight excluding hydrogens is 313 g/mol. The zero-order valence-corrected chi connectivity index (χ0v) is 13.9. The van der Waals surface area contributed by atoms with Crippen molar-refractivity contribution < 1.29 is 9.23 Å². The summed E-state index contributed by atoms with van der Waals surface area (Å²) in [5.41, 5.74) is 2.90. The van der Waals surface area contributed by atoms with E-state index in [1.165, 1.54) is 31.7 Å². The zero-order valence-electron chi connectivity index (χ0n) is 13.1. The standard InChI is InChI=1S/C17H20FN3OS/c1-20-17(10-11-2-4-13(17)5-3-11)22-19-21(20)16-9-12-8-14(18)6-7-15(12)23-16/h6-9,11,13,19H,2-5,10H2,1H3/t11?,13?,17-/m1/s1. The van der Waals surface area contributed by atoms with Crippen LogP contribution >= 0.6 is 11.3 Å². The molecule has 4 fully saturated rings. The van der Waals surface area contributed by atoms with E-state index < -0.39 is 0 Å². The minimum atomic E-state index is -0.220. The van der Waals surface area contributed by atoms with Gasteiger partial charge in [0.1, 0.15) is 10.8 Å². The first kappa shape index (κ1) is 14.2. The van der Waals surface area contributed by atoms with Gasteiger partial charge < -0.3 is 0 Å². The lowest BCUT2D eigenvalue weighted by Gasteiger charge is -2.50. The SMILES string of the molecule is CN1N(c2cc3cc(F)ccc3s2)NO[C@@]12CC1CCC2CC1. The van der Waals surface area contributed by atoms with Gasteiger partial charge in [0, 0.05) is 17.7 Å². The highest BCUT2D eigenvalue weighted by atomic mass is 32.1. The summed E-state index contributed by atoms with van der Waals surface area (Å²) in [6, 6.07) is 6.97. The van der Waals surface area contributed by atoms with E-state index in [1.54, 1.807) is 17.4 Å². The molecule has 1 saturated heterocycles. The summed E-state index contributed by atoms with van der Waals surface area (Å²) in [5, 5.41) is 6.19. The fourth-order valence-corrected chi connectivity index (χ4v) is 5.66. The molecule has 23 heavy (non-hydrogen) atoms. The fraction of sp³-hybridized carbons (Fsp3) is 0.529. The lowest BCUT2D eigenvalue weighted by Crippen LogP contribution is -2.58. The summed E-state index contributed by atoms with van der Waals surface area (Å²) < 4.78 is 14.5. The van der Waals surface area contributed by atoms with Gasteiger partial charge in [-0.15, -0.1) is 11.3 Å². The first-order valence-corrected chi connectivity index (χ1v) is 9.14. The van der Waals surface area contributed by atoms with E-state index in [0.29, 0.717) is 5.92 Å². The topological polar surface area (TPSA) is 27.7 Å². The number of benzene rings is 1. The van der Waals surface area contributed by atoms with Crippen molar-refractivity contribution in [3.63, 3.8) is 0 Å². The molecule has 2 bridgehead atoms. The number of fused-ring (bicyclic) bond motifs is 3. The summed E-state index contributed by atoms with van der Waals surface area (Å²) in [4.78, 5) is 6.15. The first-order valence-electron chi connectivity index (χ1n) is 8.32. The Balaban J connectivity index is 1.49. The fourth-order valence-electron chi connectivity index (χ4n) is 4.64. The van der Waals surface area contributed by atoms with Crippen molar-refractivity contribution in [1.82, 2.24) is 10.6 Å². The molecule has 1 atom stereocenters. The van der Waals surface area contributed by atoms with Gasteiger partial charge in [0.2, 0.25) is 0 Å². The number of nitrogens with zero attached hydrogens (tertiary/aromatic N) is 2.